The van der Waals surface area contributed by atoms with Crippen LogP contribution in [0.15, 0.2) is 18.2 Å². The van der Waals surface area contributed by atoms with Crippen molar-refractivity contribution in [1.29, 1.82) is 0 Å². The zero-order valence-corrected chi connectivity index (χ0v) is 23.8. The van der Waals surface area contributed by atoms with E-state index in [2.05, 4.69) is 10.6 Å². The number of ether oxygens (including phenoxy) is 1. The molecule has 7 heteroatoms. The first-order chi connectivity index (χ1) is 15.8. The Bertz CT molecular complexity index is 874. The van der Waals surface area contributed by atoms with Crippen LogP contribution in [0.2, 0.25) is 0 Å². The second kappa shape index (κ2) is 11.9. The van der Waals surface area contributed by atoms with Gasteiger partial charge in [0.15, 0.2) is 0 Å². The van der Waals surface area contributed by atoms with E-state index >= 15 is 0 Å². The lowest BCUT2D eigenvalue weighted by Gasteiger charge is -2.43. The number of aryl methyl sites for hydroxylation is 2. The summed E-state index contributed by atoms with van der Waals surface area (Å²) in [4.78, 5) is 42.1. The van der Waals surface area contributed by atoms with Gasteiger partial charge in [-0.3, -0.25) is 9.59 Å². The summed E-state index contributed by atoms with van der Waals surface area (Å²) < 4.78 is 5.44. The molecule has 0 saturated heterocycles. The molecule has 35 heavy (non-hydrogen) atoms. The molecule has 3 amide bonds. The average molecular weight is 490 g/mol. The van der Waals surface area contributed by atoms with Gasteiger partial charge in [-0.2, -0.15) is 0 Å². The minimum absolute atomic E-state index is 0.0980. The summed E-state index contributed by atoms with van der Waals surface area (Å²) in [6.45, 7) is 22.8. The van der Waals surface area contributed by atoms with Crippen molar-refractivity contribution in [3.05, 3.63) is 34.9 Å². The van der Waals surface area contributed by atoms with E-state index < -0.39 is 29.3 Å². The van der Waals surface area contributed by atoms with E-state index in [4.69, 9.17) is 4.74 Å². The van der Waals surface area contributed by atoms with Crippen molar-refractivity contribution < 1.29 is 19.1 Å². The van der Waals surface area contributed by atoms with Crippen LogP contribution in [-0.2, 0) is 14.3 Å². The smallest absolute Gasteiger partial charge is 0.408 e. The third kappa shape index (κ3) is 9.90. The van der Waals surface area contributed by atoms with E-state index in [1.54, 1.807) is 25.7 Å². The van der Waals surface area contributed by atoms with E-state index in [0.717, 1.165) is 16.7 Å². The number of carbonyl (C=O) groups excluding carboxylic acids is 3. The molecule has 198 valence electrons. The molecule has 0 aliphatic heterocycles. The molecule has 2 unspecified atom stereocenters. The van der Waals surface area contributed by atoms with Crippen molar-refractivity contribution in [3.8, 4) is 0 Å². The van der Waals surface area contributed by atoms with Crippen molar-refractivity contribution in [1.82, 2.24) is 15.5 Å². The summed E-state index contributed by atoms with van der Waals surface area (Å²) in [5.74, 6) is -0.446. The van der Waals surface area contributed by atoms with Gasteiger partial charge < -0.3 is 20.3 Å². The lowest BCUT2D eigenvalue weighted by atomic mass is 9.92. The van der Waals surface area contributed by atoms with Crippen molar-refractivity contribution in [2.24, 2.45) is 5.92 Å². The topological polar surface area (TPSA) is 87.7 Å². The van der Waals surface area contributed by atoms with Crippen LogP contribution < -0.4 is 10.6 Å². The Hall–Kier alpha value is -2.57. The summed E-state index contributed by atoms with van der Waals surface area (Å²) >= 11 is 0. The van der Waals surface area contributed by atoms with E-state index in [1.165, 1.54) is 0 Å². The molecule has 2 N–H and O–H groups in total. The Morgan fingerprint density at radius 1 is 0.886 bits per heavy atom. The monoisotopic (exact) mass is 489 g/mol. The minimum Gasteiger partial charge on any atom is -0.444 e. The molecule has 0 saturated carbocycles. The Morgan fingerprint density at radius 3 is 1.80 bits per heavy atom. The third-order valence-corrected chi connectivity index (χ3v) is 5.15. The maximum Gasteiger partial charge on any atom is 0.408 e. The molecule has 0 fully saturated rings. The van der Waals surface area contributed by atoms with E-state index in [-0.39, 0.29) is 23.8 Å². The number of hydrogen-bond donors (Lipinski definition) is 2. The van der Waals surface area contributed by atoms with Crippen LogP contribution in [0.25, 0.3) is 0 Å². The summed E-state index contributed by atoms with van der Waals surface area (Å²) in [5.41, 5.74) is 1.35. The summed E-state index contributed by atoms with van der Waals surface area (Å²) in [7, 11) is 0. The predicted molar refractivity (Wildman–Crippen MR) is 141 cm³/mol. The van der Waals surface area contributed by atoms with Crippen LogP contribution in [-0.4, -0.2) is 46.0 Å². The molecule has 0 radical (unpaired) electrons. The highest BCUT2D eigenvalue weighted by Gasteiger charge is 2.42. The molecule has 0 spiro atoms. The van der Waals surface area contributed by atoms with E-state index in [9.17, 15) is 14.4 Å². The zero-order chi connectivity index (χ0) is 27.3. The summed E-state index contributed by atoms with van der Waals surface area (Å²) in [5, 5.41) is 5.78. The Morgan fingerprint density at radius 2 is 1.40 bits per heavy atom. The number of hydrogen-bond acceptors (Lipinski definition) is 4. The van der Waals surface area contributed by atoms with Gasteiger partial charge >= 0.3 is 6.09 Å². The van der Waals surface area contributed by atoms with Crippen LogP contribution >= 0.6 is 0 Å². The van der Waals surface area contributed by atoms with Gasteiger partial charge in [0.25, 0.3) is 0 Å². The molecule has 1 aromatic carbocycles. The summed E-state index contributed by atoms with van der Waals surface area (Å²) in [6.07, 6.45) is -0.240. The van der Waals surface area contributed by atoms with Crippen LogP contribution in [0.4, 0.5) is 4.79 Å². The third-order valence-electron chi connectivity index (χ3n) is 5.15. The molecule has 0 aliphatic carbocycles. The first-order valence-corrected chi connectivity index (χ1v) is 12.5. The average Bonchev–Trinajstić information content (AvgIpc) is 2.60. The van der Waals surface area contributed by atoms with Gasteiger partial charge in [0.1, 0.15) is 17.7 Å². The molecule has 0 aliphatic rings. The van der Waals surface area contributed by atoms with Gasteiger partial charge in [-0.1, -0.05) is 43.2 Å². The molecule has 0 bridgehead atoms. The van der Waals surface area contributed by atoms with Gasteiger partial charge in [0, 0.05) is 11.6 Å². The van der Waals surface area contributed by atoms with Gasteiger partial charge in [-0.15, -0.1) is 0 Å². The SMILES string of the molecule is Cc1cc(C)cc(C(C(=O)NC(C)C)N(C(=O)C(CC(C)C)NC(=O)OC(C)(C)C)C(C)(C)C)c1. The number of nitrogens with one attached hydrogen (secondary N) is 2. The fourth-order valence-corrected chi connectivity index (χ4v) is 4.10. The normalized spacial score (nSPS) is 13.9. The molecule has 0 aromatic heterocycles. The first kappa shape index (κ1) is 30.5. The highest BCUT2D eigenvalue weighted by Crippen LogP contribution is 2.32. The molecule has 1 rings (SSSR count). The van der Waals surface area contributed by atoms with Crippen LogP contribution in [0, 0.1) is 19.8 Å². The van der Waals surface area contributed by atoms with E-state index in [0.29, 0.717) is 6.42 Å². The lowest BCUT2D eigenvalue weighted by molar-refractivity contribution is -0.149. The number of rotatable bonds is 8. The molecular weight excluding hydrogens is 442 g/mol. The zero-order valence-electron chi connectivity index (χ0n) is 23.8. The number of benzene rings is 1. The highest BCUT2D eigenvalue weighted by molar-refractivity contribution is 5.92. The summed E-state index contributed by atoms with van der Waals surface area (Å²) in [6, 6.07) is 4.13. The molecule has 0 heterocycles. The van der Waals surface area contributed by atoms with Crippen LogP contribution in [0.1, 0.15) is 98.4 Å². The Labute approximate surface area is 212 Å². The number of alkyl carbamates (subject to hydrolysis) is 1. The molecule has 2 atom stereocenters. The highest BCUT2D eigenvalue weighted by atomic mass is 16.6. The maximum atomic E-state index is 14.2. The fourth-order valence-electron chi connectivity index (χ4n) is 4.10. The van der Waals surface area contributed by atoms with Crippen LogP contribution in [0.3, 0.4) is 0 Å². The van der Waals surface area contributed by atoms with Gasteiger partial charge in [-0.25, -0.2) is 4.79 Å². The standard InChI is InChI=1S/C28H47N3O4/c1-17(2)13-22(30-26(34)35-28(10,11)12)25(33)31(27(7,8)9)23(24(32)29-18(3)4)21-15-19(5)14-20(6)16-21/h14-18,22-23H,13H2,1-12H3,(H,29,32)(H,30,34). The van der Waals surface area contributed by atoms with E-state index in [1.807, 2.05) is 80.5 Å². The lowest BCUT2D eigenvalue weighted by Crippen LogP contribution is -2.59. The van der Waals surface area contributed by atoms with Gasteiger partial charge in [0.2, 0.25) is 11.8 Å². The minimum atomic E-state index is -0.862. The fraction of sp³-hybridized carbons (Fsp3) is 0.679. The second-order valence-electron chi connectivity index (χ2n) is 12.2. The quantitative estimate of drug-likeness (QED) is 0.509. The predicted octanol–water partition coefficient (Wildman–Crippen LogP) is 5.44. The van der Waals surface area contributed by atoms with Crippen LogP contribution in [0.5, 0.6) is 0 Å². The Balaban J connectivity index is 3.62. The Kier molecular flexibility index (Phi) is 10.4. The number of carbonyl (C=O) groups is 3. The number of amides is 3. The van der Waals surface area contributed by atoms with Crippen molar-refractivity contribution in [3.63, 3.8) is 0 Å². The van der Waals surface area contributed by atoms with Gasteiger partial charge in [0.05, 0.1) is 0 Å². The van der Waals surface area contributed by atoms with Gasteiger partial charge in [-0.05, 0) is 87.1 Å². The first-order valence-electron chi connectivity index (χ1n) is 12.5. The second-order valence-corrected chi connectivity index (χ2v) is 12.2. The molecular formula is C28H47N3O4. The van der Waals surface area contributed by atoms with Crippen molar-refractivity contribution in [2.75, 3.05) is 0 Å². The largest absolute Gasteiger partial charge is 0.444 e. The van der Waals surface area contributed by atoms with Crippen molar-refractivity contribution in [2.45, 2.75) is 119 Å². The molecule has 1 aromatic rings. The maximum absolute atomic E-state index is 14.2. The number of nitrogens with zero attached hydrogens (tertiary/aromatic N) is 1. The molecule has 7 nitrogen and oxygen atoms in total. The van der Waals surface area contributed by atoms with Crippen molar-refractivity contribution >= 4 is 17.9 Å².